The number of aromatic nitrogens is 2. The maximum atomic E-state index is 5.03. The van der Waals surface area contributed by atoms with Gasteiger partial charge < -0.3 is 0 Å². The fraction of sp³-hybridized carbons (Fsp3) is 0.500. The number of hydrogen-bond acceptors (Lipinski definition) is 4. The van der Waals surface area contributed by atoms with Gasteiger partial charge in [0.05, 0.1) is 11.4 Å². The van der Waals surface area contributed by atoms with Gasteiger partial charge in [0.1, 0.15) is 11.1 Å². The molecule has 0 saturated heterocycles. The first-order valence-electron chi connectivity index (χ1n) is 8.87. The normalized spacial score (nSPS) is 49.4. The van der Waals surface area contributed by atoms with Crippen molar-refractivity contribution in [2.75, 3.05) is 0 Å². The molecule has 0 spiro atoms. The highest BCUT2D eigenvalue weighted by Crippen LogP contribution is 2.90. The maximum Gasteiger partial charge on any atom is 0.132 e. The fourth-order valence-corrected chi connectivity index (χ4v) is 6.33. The maximum absolute atomic E-state index is 5.03. The van der Waals surface area contributed by atoms with Gasteiger partial charge in [-0.05, 0) is 37.1 Å². The van der Waals surface area contributed by atoms with Crippen molar-refractivity contribution in [1.82, 2.24) is 9.97 Å². The summed E-state index contributed by atoms with van der Waals surface area (Å²) in [5.74, 6) is 1.03. The number of pyridine rings is 2. The molecule has 0 aromatic carbocycles. The molecule has 24 heavy (non-hydrogen) atoms. The van der Waals surface area contributed by atoms with Crippen molar-refractivity contribution in [2.24, 2.45) is 32.9 Å². The summed E-state index contributed by atoms with van der Waals surface area (Å²) in [5.41, 5.74) is 2.07. The third-order valence-electron chi connectivity index (χ3n) is 7.70. The average molecular weight is 316 g/mol. The molecule has 3 fully saturated rings. The van der Waals surface area contributed by atoms with Gasteiger partial charge in [-0.3, -0.25) is 9.97 Å². The molecule has 6 atom stereocenters. The van der Waals surface area contributed by atoms with Gasteiger partial charge in [-0.25, -0.2) is 0 Å². The van der Waals surface area contributed by atoms with Crippen LogP contribution in [0.4, 0.5) is 0 Å². The monoisotopic (exact) mass is 316 g/mol. The number of hydrogen-bond donors (Lipinski definition) is 0. The van der Waals surface area contributed by atoms with Crippen molar-refractivity contribution in [2.45, 2.75) is 37.8 Å². The third-order valence-corrected chi connectivity index (χ3v) is 7.70. The lowest BCUT2D eigenvalue weighted by atomic mass is 9.58. The Bertz CT molecular complexity index is 808. The zero-order valence-electron chi connectivity index (χ0n) is 14.0. The molecule has 2 aliphatic heterocycles. The first-order valence-corrected chi connectivity index (χ1v) is 8.87. The standard InChI is InChI=1S/C20H20N4/c1-17-11-13(17)20(16-8-4-6-10-22-16)18(2)12-14(18)19(17,23-24-20)15-7-3-5-9-21-15/h3-10,13-14H,11-12H2,1-2H3/t13-,14-,17+,18+,19+,20+/m0/s1. The molecule has 3 aliphatic carbocycles. The van der Waals surface area contributed by atoms with E-state index in [1.54, 1.807) is 0 Å². The highest BCUT2D eigenvalue weighted by atomic mass is 15.3. The van der Waals surface area contributed by atoms with Crippen molar-refractivity contribution in [1.29, 1.82) is 0 Å². The van der Waals surface area contributed by atoms with Crippen molar-refractivity contribution in [3.05, 3.63) is 60.2 Å². The van der Waals surface area contributed by atoms with Crippen molar-refractivity contribution < 1.29 is 0 Å². The number of rotatable bonds is 2. The Morgan fingerprint density at radius 3 is 1.58 bits per heavy atom. The van der Waals surface area contributed by atoms with Crippen LogP contribution >= 0.6 is 0 Å². The molecule has 2 aromatic rings. The molecular formula is C20H20N4. The van der Waals surface area contributed by atoms with Crippen LogP contribution in [0.25, 0.3) is 0 Å². The highest BCUT2D eigenvalue weighted by Gasteiger charge is 2.91. The Kier molecular flexibility index (Phi) is 1.99. The van der Waals surface area contributed by atoms with Gasteiger partial charge in [0.2, 0.25) is 0 Å². The second-order valence-corrected chi connectivity index (χ2v) is 8.51. The Balaban J connectivity index is 1.64. The molecule has 4 heteroatoms. The summed E-state index contributed by atoms with van der Waals surface area (Å²) in [6, 6.07) is 12.4. The molecule has 4 nitrogen and oxygen atoms in total. The molecule has 7 rings (SSSR count). The van der Waals surface area contributed by atoms with Crippen molar-refractivity contribution in [3.63, 3.8) is 0 Å². The molecule has 0 unspecified atom stereocenters. The quantitative estimate of drug-likeness (QED) is 0.837. The van der Waals surface area contributed by atoms with Crippen LogP contribution in [0.1, 0.15) is 38.1 Å². The average Bonchev–Trinajstić information content (AvgIpc) is 3.51. The lowest BCUT2D eigenvalue weighted by Crippen LogP contribution is -2.55. The lowest BCUT2D eigenvalue weighted by Gasteiger charge is -2.52. The van der Waals surface area contributed by atoms with E-state index < -0.39 is 0 Å². The van der Waals surface area contributed by atoms with E-state index in [1.807, 2.05) is 24.5 Å². The summed E-state index contributed by atoms with van der Waals surface area (Å²) in [4.78, 5) is 9.45. The van der Waals surface area contributed by atoms with Crippen LogP contribution in [0.3, 0.4) is 0 Å². The molecule has 3 saturated carbocycles. The Hall–Kier alpha value is -2.10. The number of azo groups is 1. The van der Waals surface area contributed by atoms with Crippen molar-refractivity contribution >= 4 is 0 Å². The van der Waals surface area contributed by atoms with Crippen LogP contribution in [-0.4, -0.2) is 9.97 Å². The first-order chi connectivity index (χ1) is 11.6. The zero-order valence-corrected chi connectivity index (χ0v) is 14.0. The highest BCUT2D eigenvalue weighted by molar-refractivity contribution is 5.48. The van der Waals surface area contributed by atoms with E-state index in [1.165, 1.54) is 12.8 Å². The first kappa shape index (κ1) is 13.2. The fourth-order valence-electron chi connectivity index (χ4n) is 6.33. The minimum absolute atomic E-state index is 0.154. The minimum Gasteiger partial charge on any atom is -0.259 e. The van der Waals surface area contributed by atoms with Gasteiger partial charge in [0.25, 0.3) is 0 Å². The molecule has 0 radical (unpaired) electrons. The Labute approximate surface area is 141 Å². The molecule has 2 bridgehead atoms. The molecular weight excluding hydrogens is 296 g/mol. The van der Waals surface area contributed by atoms with Gasteiger partial charge in [0.15, 0.2) is 0 Å². The van der Waals surface area contributed by atoms with E-state index in [2.05, 4.69) is 38.1 Å². The van der Waals surface area contributed by atoms with Crippen LogP contribution in [-0.2, 0) is 11.1 Å². The summed E-state index contributed by atoms with van der Waals surface area (Å²) < 4.78 is 0. The van der Waals surface area contributed by atoms with Crippen LogP contribution in [0.15, 0.2) is 59.0 Å². The minimum atomic E-state index is -0.232. The molecule has 0 amide bonds. The molecule has 120 valence electrons. The summed E-state index contributed by atoms with van der Waals surface area (Å²) in [5, 5.41) is 10.1. The van der Waals surface area contributed by atoms with E-state index in [0.717, 1.165) is 11.4 Å². The second-order valence-electron chi connectivity index (χ2n) is 8.51. The molecule has 5 aliphatic rings. The summed E-state index contributed by atoms with van der Waals surface area (Å²) >= 11 is 0. The van der Waals surface area contributed by atoms with Gasteiger partial charge in [0, 0.05) is 35.1 Å². The molecule has 4 heterocycles. The molecule has 0 N–H and O–H groups in total. The van der Waals surface area contributed by atoms with E-state index in [4.69, 9.17) is 20.2 Å². The van der Waals surface area contributed by atoms with Gasteiger partial charge >= 0.3 is 0 Å². The predicted molar refractivity (Wildman–Crippen MR) is 89.1 cm³/mol. The Morgan fingerprint density at radius 1 is 0.750 bits per heavy atom. The Morgan fingerprint density at radius 2 is 1.21 bits per heavy atom. The van der Waals surface area contributed by atoms with Crippen LogP contribution in [0.5, 0.6) is 0 Å². The summed E-state index contributed by atoms with van der Waals surface area (Å²) in [6.07, 6.45) is 6.13. The van der Waals surface area contributed by atoms with Crippen LogP contribution in [0.2, 0.25) is 0 Å². The van der Waals surface area contributed by atoms with E-state index in [0.29, 0.717) is 11.8 Å². The van der Waals surface area contributed by atoms with Crippen molar-refractivity contribution in [3.8, 4) is 0 Å². The third kappa shape index (κ3) is 1.09. The zero-order chi connectivity index (χ0) is 16.2. The van der Waals surface area contributed by atoms with Gasteiger partial charge in [-0.1, -0.05) is 26.0 Å². The largest absolute Gasteiger partial charge is 0.259 e. The van der Waals surface area contributed by atoms with E-state index >= 15 is 0 Å². The van der Waals surface area contributed by atoms with Gasteiger partial charge in [-0.15, -0.1) is 0 Å². The predicted octanol–water partition coefficient (Wildman–Crippen LogP) is 4.10. The van der Waals surface area contributed by atoms with Crippen LogP contribution in [0, 0.1) is 22.7 Å². The summed E-state index contributed by atoms with van der Waals surface area (Å²) in [6.45, 7) is 4.81. The van der Waals surface area contributed by atoms with E-state index in [-0.39, 0.29) is 21.9 Å². The topological polar surface area (TPSA) is 50.5 Å². The van der Waals surface area contributed by atoms with Crippen LogP contribution < -0.4 is 0 Å². The number of nitrogens with zero attached hydrogens (tertiary/aromatic N) is 4. The molecule has 2 aromatic heterocycles. The van der Waals surface area contributed by atoms with Gasteiger partial charge in [-0.2, -0.15) is 10.2 Å². The second kappa shape index (κ2) is 3.61. The summed E-state index contributed by atoms with van der Waals surface area (Å²) in [7, 11) is 0. The SMILES string of the molecule is C[C@@]12C[C@@H]1[C@]1(c3ccccn3)N=N[C@@]2(c2ccccn2)[C@H]2C[C@]21C. The smallest absolute Gasteiger partial charge is 0.132 e. The van der Waals surface area contributed by atoms with E-state index in [9.17, 15) is 0 Å². The lowest BCUT2D eigenvalue weighted by molar-refractivity contribution is 0.00604.